The fraction of sp³-hybridized carbons (Fsp3) is 1.00. The van der Waals surface area contributed by atoms with E-state index >= 15 is 0 Å². The van der Waals surface area contributed by atoms with Crippen LogP contribution in [0.2, 0.25) is 0 Å². The Labute approximate surface area is 119 Å². The standard InChI is InChI=1S/C16H32N2O/c1-14(2)18(3)12-11-17-13-15-7-10-16(19-15)8-5-4-6-9-16/h14-15,17H,4-13H2,1-3H3. The molecule has 1 aliphatic carbocycles. The molecule has 1 heterocycles. The van der Waals surface area contributed by atoms with Crippen LogP contribution in [0.4, 0.5) is 0 Å². The molecule has 1 unspecified atom stereocenters. The summed E-state index contributed by atoms with van der Waals surface area (Å²) in [6, 6.07) is 0.634. The third-order valence-corrected chi connectivity index (χ3v) is 5.00. The van der Waals surface area contributed by atoms with Gasteiger partial charge in [0.25, 0.3) is 0 Å². The van der Waals surface area contributed by atoms with Gasteiger partial charge in [-0.25, -0.2) is 0 Å². The van der Waals surface area contributed by atoms with Crippen molar-refractivity contribution in [2.45, 2.75) is 76.5 Å². The van der Waals surface area contributed by atoms with Crippen molar-refractivity contribution >= 4 is 0 Å². The van der Waals surface area contributed by atoms with Gasteiger partial charge in [0.05, 0.1) is 11.7 Å². The summed E-state index contributed by atoms with van der Waals surface area (Å²) in [6.07, 6.45) is 9.79. The average molecular weight is 268 g/mol. The van der Waals surface area contributed by atoms with Crippen molar-refractivity contribution in [3.8, 4) is 0 Å². The summed E-state index contributed by atoms with van der Waals surface area (Å²) >= 11 is 0. The van der Waals surface area contributed by atoms with E-state index < -0.39 is 0 Å². The number of likely N-dealkylation sites (N-methyl/N-ethyl adjacent to an activating group) is 1. The number of nitrogens with one attached hydrogen (secondary N) is 1. The van der Waals surface area contributed by atoms with Crippen LogP contribution in [0.3, 0.4) is 0 Å². The van der Waals surface area contributed by atoms with E-state index in [1.165, 1.54) is 44.9 Å². The van der Waals surface area contributed by atoms with Gasteiger partial charge in [-0.2, -0.15) is 0 Å². The molecule has 112 valence electrons. The maximum Gasteiger partial charge on any atom is 0.0708 e. The molecule has 0 amide bonds. The van der Waals surface area contributed by atoms with Crippen LogP contribution >= 0.6 is 0 Å². The van der Waals surface area contributed by atoms with Crippen LogP contribution < -0.4 is 5.32 Å². The summed E-state index contributed by atoms with van der Waals surface area (Å²) in [5.41, 5.74) is 0.277. The summed E-state index contributed by atoms with van der Waals surface area (Å²) in [4.78, 5) is 2.38. The van der Waals surface area contributed by atoms with E-state index in [1.807, 2.05) is 0 Å². The van der Waals surface area contributed by atoms with E-state index in [1.54, 1.807) is 0 Å². The van der Waals surface area contributed by atoms with Gasteiger partial charge in [-0.3, -0.25) is 0 Å². The van der Waals surface area contributed by atoms with Crippen molar-refractivity contribution in [2.24, 2.45) is 0 Å². The van der Waals surface area contributed by atoms with E-state index in [2.05, 4.69) is 31.1 Å². The van der Waals surface area contributed by atoms with E-state index in [4.69, 9.17) is 4.74 Å². The molecular formula is C16H32N2O. The highest BCUT2D eigenvalue weighted by atomic mass is 16.5. The zero-order valence-corrected chi connectivity index (χ0v) is 13.1. The van der Waals surface area contributed by atoms with Crippen molar-refractivity contribution in [2.75, 3.05) is 26.7 Å². The third-order valence-electron chi connectivity index (χ3n) is 5.00. The zero-order chi connectivity index (χ0) is 13.7. The van der Waals surface area contributed by atoms with Crippen molar-refractivity contribution in [1.29, 1.82) is 0 Å². The molecule has 0 bridgehead atoms. The first-order chi connectivity index (χ1) is 9.11. The quantitative estimate of drug-likeness (QED) is 0.750. The van der Waals surface area contributed by atoms with Crippen LogP contribution in [0, 0.1) is 0 Å². The highest BCUT2D eigenvalue weighted by Gasteiger charge is 2.40. The van der Waals surface area contributed by atoms with Gasteiger partial charge in [-0.1, -0.05) is 19.3 Å². The fourth-order valence-corrected chi connectivity index (χ4v) is 3.38. The number of hydrogen-bond acceptors (Lipinski definition) is 3. The van der Waals surface area contributed by atoms with Gasteiger partial charge in [0.1, 0.15) is 0 Å². The first-order valence-electron chi connectivity index (χ1n) is 8.20. The van der Waals surface area contributed by atoms with E-state index in [9.17, 15) is 0 Å². The smallest absolute Gasteiger partial charge is 0.0708 e. The molecule has 3 heteroatoms. The molecule has 19 heavy (non-hydrogen) atoms. The van der Waals surface area contributed by atoms with Gasteiger partial charge in [0, 0.05) is 25.7 Å². The van der Waals surface area contributed by atoms with Crippen LogP contribution in [-0.4, -0.2) is 49.3 Å². The normalized spacial score (nSPS) is 26.7. The van der Waals surface area contributed by atoms with Crippen LogP contribution in [0.15, 0.2) is 0 Å². The van der Waals surface area contributed by atoms with Gasteiger partial charge in [-0.15, -0.1) is 0 Å². The molecule has 1 aliphatic heterocycles. The summed E-state index contributed by atoms with van der Waals surface area (Å²) in [6.45, 7) is 7.71. The molecular weight excluding hydrogens is 236 g/mol. The molecule has 0 aromatic rings. The van der Waals surface area contributed by atoms with Gasteiger partial charge in [0.2, 0.25) is 0 Å². The second-order valence-electron chi connectivity index (χ2n) is 6.80. The lowest BCUT2D eigenvalue weighted by atomic mass is 9.83. The average Bonchev–Trinajstić information content (AvgIpc) is 2.78. The Morgan fingerprint density at radius 1 is 1.21 bits per heavy atom. The predicted molar refractivity (Wildman–Crippen MR) is 80.6 cm³/mol. The Morgan fingerprint density at radius 3 is 2.63 bits per heavy atom. The van der Waals surface area contributed by atoms with Crippen LogP contribution in [0.1, 0.15) is 58.8 Å². The topological polar surface area (TPSA) is 24.5 Å². The Bertz CT molecular complexity index is 261. The minimum atomic E-state index is 0.277. The molecule has 0 radical (unpaired) electrons. The lowest BCUT2D eigenvalue weighted by molar-refractivity contribution is -0.0623. The number of rotatable bonds is 6. The molecule has 1 spiro atoms. The van der Waals surface area contributed by atoms with Crippen molar-refractivity contribution in [3.63, 3.8) is 0 Å². The molecule has 0 aromatic heterocycles. The monoisotopic (exact) mass is 268 g/mol. The van der Waals surface area contributed by atoms with Crippen LogP contribution in [0.5, 0.6) is 0 Å². The molecule has 3 nitrogen and oxygen atoms in total. The van der Waals surface area contributed by atoms with E-state index in [0.717, 1.165) is 19.6 Å². The SMILES string of the molecule is CC(C)N(C)CCNCC1CCC2(CCCCC2)O1. The third kappa shape index (κ3) is 4.44. The lowest BCUT2D eigenvalue weighted by Crippen LogP contribution is -2.38. The minimum Gasteiger partial charge on any atom is -0.370 e. The summed E-state index contributed by atoms with van der Waals surface area (Å²) in [7, 11) is 2.19. The molecule has 0 aromatic carbocycles. The molecule has 2 fully saturated rings. The highest BCUT2D eigenvalue weighted by Crippen LogP contribution is 2.41. The molecule has 2 rings (SSSR count). The van der Waals surface area contributed by atoms with Gasteiger partial charge >= 0.3 is 0 Å². The molecule has 2 aliphatic rings. The Morgan fingerprint density at radius 2 is 1.95 bits per heavy atom. The lowest BCUT2D eigenvalue weighted by Gasteiger charge is -2.33. The molecule has 1 N–H and O–H groups in total. The highest BCUT2D eigenvalue weighted by molar-refractivity contribution is 4.91. The first kappa shape index (κ1) is 15.3. The molecule has 1 saturated heterocycles. The van der Waals surface area contributed by atoms with Crippen LogP contribution in [-0.2, 0) is 4.74 Å². The predicted octanol–water partition coefficient (Wildman–Crippen LogP) is 2.80. The number of nitrogens with zero attached hydrogens (tertiary/aromatic N) is 1. The maximum atomic E-state index is 6.37. The van der Waals surface area contributed by atoms with E-state index in [-0.39, 0.29) is 5.60 Å². The number of hydrogen-bond donors (Lipinski definition) is 1. The van der Waals surface area contributed by atoms with E-state index in [0.29, 0.717) is 12.1 Å². The number of ether oxygens (including phenoxy) is 1. The fourth-order valence-electron chi connectivity index (χ4n) is 3.38. The molecule has 1 saturated carbocycles. The maximum absolute atomic E-state index is 6.37. The Balaban J connectivity index is 1.60. The van der Waals surface area contributed by atoms with Crippen molar-refractivity contribution < 1.29 is 4.74 Å². The molecule has 1 atom stereocenters. The Kier molecular flexibility index (Phi) is 5.67. The van der Waals surface area contributed by atoms with Crippen molar-refractivity contribution in [1.82, 2.24) is 10.2 Å². The summed E-state index contributed by atoms with van der Waals surface area (Å²) < 4.78 is 6.37. The largest absolute Gasteiger partial charge is 0.370 e. The van der Waals surface area contributed by atoms with Crippen molar-refractivity contribution in [3.05, 3.63) is 0 Å². The summed E-state index contributed by atoms with van der Waals surface area (Å²) in [5, 5.41) is 3.57. The zero-order valence-electron chi connectivity index (χ0n) is 13.1. The van der Waals surface area contributed by atoms with Crippen LogP contribution in [0.25, 0.3) is 0 Å². The van der Waals surface area contributed by atoms with Gasteiger partial charge in [-0.05, 0) is 46.6 Å². The Hall–Kier alpha value is -0.120. The second-order valence-corrected chi connectivity index (χ2v) is 6.80. The second kappa shape index (κ2) is 7.05. The van der Waals surface area contributed by atoms with Gasteiger partial charge < -0.3 is 15.0 Å². The van der Waals surface area contributed by atoms with Gasteiger partial charge in [0.15, 0.2) is 0 Å². The summed E-state index contributed by atoms with van der Waals surface area (Å²) in [5.74, 6) is 0. The first-order valence-corrected chi connectivity index (χ1v) is 8.20. The minimum absolute atomic E-state index is 0.277.